The molecule has 0 aliphatic carbocycles. The molecule has 16 heavy (non-hydrogen) atoms. The van der Waals surface area contributed by atoms with Crippen molar-refractivity contribution < 1.29 is 31.1 Å². The first-order chi connectivity index (χ1) is 7.11. The van der Waals surface area contributed by atoms with Gasteiger partial charge >= 0.3 is 12.5 Å². The van der Waals surface area contributed by atoms with Crippen LogP contribution >= 0.6 is 22.6 Å². The van der Waals surface area contributed by atoms with E-state index in [0.29, 0.717) is 6.07 Å². The molecule has 0 spiro atoms. The average molecular weight is 356 g/mol. The molecule has 1 aromatic rings. The highest BCUT2D eigenvalue weighted by Gasteiger charge is 2.40. The third kappa shape index (κ3) is 3.42. The summed E-state index contributed by atoms with van der Waals surface area (Å²) in [4.78, 5) is 0. The molecular weight excluding hydrogens is 353 g/mol. The lowest BCUT2D eigenvalue weighted by Gasteiger charge is -2.16. The Morgan fingerprint density at radius 2 is 1.56 bits per heavy atom. The van der Waals surface area contributed by atoms with Gasteiger partial charge in [-0.3, -0.25) is 0 Å². The van der Waals surface area contributed by atoms with Gasteiger partial charge in [0.05, 0.1) is 9.13 Å². The maximum Gasteiger partial charge on any atom is 0.573 e. The molecule has 0 N–H and O–H groups in total. The van der Waals surface area contributed by atoms with E-state index in [1.165, 1.54) is 22.6 Å². The van der Waals surface area contributed by atoms with Crippen LogP contribution in [0, 0.1) is 3.57 Å². The molecule has 0 aliphatic rings. The highest BCUT2D eigenvalue weighted by Crippen LogP contribution is 2.40. The molecule has 0 saturated heterocycles. The largest absolute Gasteiger partial charge is 0.573 e. The third-order valence-corrected chi connectivity index (χ3v) is 2.34. The molecule has 1 rings (SSSR count). The molecule has 0 amide bonds. The minimum Gasteiger partial charge on any atom is -0.404 e. The minimum atomic E-state index is -5.15. The molecule has 0 bridgehead atoms. The van der Waals surface area contributed by atoms with Gasteiger partial charge in [-0.1, -0.05) is 6.07 Å². The topological polar surface area (TPSA) is 9.23 Å². The van der Waals surface area contributed by atoms with Crippen LogP contribution in [0.3, 0.4) is 0 Å². The first kappa shape index (κ1) is 13.4. The maximum absolute atomic E-state index is 12.4. The molecule has 0 aliphatic heterocycles. The van der Waals surface area contributed by atoms with Gasteiger partial charge in [0, 0.05) is 0 Å². The maximum atomic E-state index is 12.4. The summed E-state index contributed by atoms with van der Waals surface area (Å²) in [6, 6.07) is 2.63. The number of rotatable bonds is 1. The second-order valence-corrected chi connectivity index (χ2v) is 3.82. The fourth-order valence-corrected chi connectivity index (χ4v) is 1.56. The van der Waals surface area contributed by atoms with Gasteiger partial charge < -0.3 is 4.74 Å². The summed E-state index contributed by atoms with van der Waals surface area (Å²) in [7, 11) is 0. The van der Waals surface area contributed by atoms with E-state index in [0.717, 1.165) is 12.1 Å². The summed E-state index contributed by atoms with van der Waals surface area (Å²) < 4.78 is 75.9. The standard InChI is InChI=1S/C8H3F6IO/c9-7(10,11)4-2-1-3-5(15)6(4)16-8(12,13)14/h1-3H. The van der Waals surface area contributed by atoms with Gasteiger partial charge in [0.25, 0.3) is 0 Å². The number of hydrogen-bond acceptors (Lipinski definition) is 1. The van der Waals surface area contributed by atoms with Crippen molar-refractivity contribution in [1.82, 2.24) is 0 Å². The molecule has 0 fully saturated rings. The molecule has 1 aromatic carbocycles. The van der Waals surface area contributed by atoms with Crippen LogP contribution in [0.5, 0.6) is 5.75 Å². The van der Waals surface area contributed by atoms with Crippen molar-refractivity contribution in [3.63, 3.8) is 0 Å². The molecular formula is C8H3F6IO. The summed E-state index contributed by atoms with van der Waals surface area (Å²) >= 11 is 1.34. The van der Waals surface area contributed by atoms with Crippen molar-refractivity contribution >= 4 is 22.6 Å². The Morgan fingerprint density at radius 1 is 1.00 bits per heavy atom. The Morgan fingerprint density at radius 3 is 2.00 bits per heavy atom. The van der Waals surface area contributed by atoms with Crippen molar-refractivity contribution in [2.24, 2.45) is 0 Å². The van der Waals surface area contributed by atoms with Gasteiger partial charge in [0.1, 0.15) is 0 Å². The lowest BCUT2D eigenvalue weighted by molar-refractivity contribution is -0.276. The monoisotopic (exact) mass is 356 g/mol. The second-order valence-electron chi connectivity index (χ2n) is 2.66. The SMILES string of the molecule is FC(F)(F)Oc1c(I)cccc1C(F)(F)F. The van der Waals surface area contributed by atoms with Gasteiger partial charge in [0.15, 0.2) is 5.75 Å². The van der Waals surface area contributed by atoms with E-state index in [1.807, 2.05) is 0 Å². The molecule has 1 nitrogen and oxygen atoms in total. The number of para-hydroxylation sites is 1. The van der Waals surface area contributed by atoms with Gasteiger partial charge in [-0.15, -0.1) is 13.2 Å². The quantitative estimate of drug-likeness (QED) is 0.541. The Labute approximate surface area is 99.5 Å². The van der Waals surface area contributed by atoms with Crippen LogP contribution in [0.4, 0.5) is 26.3 Å². The van der Waals surface area contributed by atoms with E-state index in [9.17, 15) is 26.3 Å². The number of halogens is 7. The number of alkyl halides is 6. The van der Waals surface area contributed by atoms with Crippen molar-refractivity contribution in [2.75, 3.05) is 0 Å². The number of ether oxygens (including phenoxy) is 1. The zero-order valence-electron chi connectivity index (χ0n) is 7.29. The lowest BCUT2D eigenvalue weighted by atomic mass is 10.2. The molecule has 90 valence electrons. The normalized spacial score (nSPS) is 12.7. The van der Waals surface area contributed by atoms with Crippen molar-refractivity contribution in [1.29, 1.82) is 0 Å². The molecule has 0 aromatic heterocycles. The predicted octanol–water partition coefficient (Wildman–Crippen LogP) is 4.21. The zero-order chi connectivity index (χ0) is 12.6. The van der Waals surface area contributed by atoms with Crippen LogP contribution in [-0.4, -0.2) is 6.36 Å². The van der Waals surface area contributed by atoms with Crippen LogP contribution in [0.25, 0.3) is 0 Å². The van der Waals surface area contributed by atoms with E-state index < -0.39 is 23.9 Å². The highest BCUT2D eigenvalue weighted by atomic mass is 127. The van der Waals surface area contributed by atoms with Crippen molar-refractivity contribution in [2.45, 2.75) is 12.5 Å². The first-order valence-electron chi connectivity index (χ1n) is 3.73. The third-order valence-electron chi connectivity index (χ3n) is 1.49. The van der Waals surface area contributed by atoms with Crippen LogP contribution < -0.4 is 4.74 Å². The van der Waals surface area contributed by atoms with E-state index in [2.05, 4.69) is 4.74 Å². The molecule has 0 heterocycles. The predicted molar refractivity (Wildman–Crippen MR) is 50.8 cm³/mol. The smallest absolute Gasteiger partial charge is 0.404 e. The second kappa shape index (κ2) is 4.30. The fourth-order valence-electron chi connectivity index (χ4n) is 0.952. The van der Waals surface area contributed by atoms with E-state index in [1.54, 1.807) is 0 Å². The Hall–Kier alpha value is -0.670. The highest BCUT2D eigenvalue weighted by molar-refractivity contribution is 14.1. The molecule has 0 saturated carbocycles. The zero-order valence-corrected chi connectivity index (χ0v) is 9.44. The van der Waals surface area contributed by atoms with Crippen LogP contribution in [0.2, 0.25) is 0 Å². The van der Waals surface area contributed by atoms with Crippen LogP contribution in [0.1, 0.15) is 5.56 Å². The summed E-state index contributed by atoms with van der Waals surface area (Å²) in [6.07, 6.45) is -10.0. The number of hydrogen-bond donors (Lipinski definition) is 0. The van der Waals surface area contributed by atoms with E-state index in [-0.39, 0.29) is 3.57 Å². The van der Waals surface area contributed by atoms with Crippen LogP contribution in [0.15, 0.2) is 18.2 Å². The summed E-state index contributed by atoms with van der Waals surface area (Å²) in [6.45, 7) is 0. The summed E-state index contributed by atoms with van der Waals surface area (Å²) in [5.41, 5.74) is -1.45. The van der Waals surface area contributed by atoms with Gasteiger partial charge in [-0.05, 0) is 34.7 Å². The summed E-state index contributed by atoms with van der Waals surface area (Å²) in [5, 5.41) is 0. The number of benzene rings is 1. The Kier molecular flexibility index (Phi) is 3.60. The summed E-state index contributed by atoms with van der Waals surface area (Å²) in [5.74, 6) is -1.22. The first-order valence-corrected chi connectivity index (χ1v) is 4.80. The van der Waals surface area contributed by atoms with Crippen molar-refractivity contribution in [3.8, 4) is 5.75 Å². The molecule has 0 radical (unpaired) electrons. The molecule has 8 heteroatoms. The van der Waals surface area contributed by atoms with Crippen LogP contribution in [-0.2, 0) is 6.18 Å². The Bertz CT molecular complexity index is 383. The Balaban J connectivity index is 3.25. The lowest BCUT2D eigenvalue weighted by Crippen LogP contribution is -2.21. The van der Waals surface area contributed by atoms with Crippen molar-refractivity contribution in [3.05, 3.63) is 27.3 Å². The molecule has 0 atom stereocenters. The van der Waals surface area contributed by atoms with E-state index in [4.69, 9.17) is 0 Å². The average Bonchev–Trinajstić information content (AvgIpc) is 2.04. The fraction of sp³-hybridized carbons (Fsp3) is 0.250. The minimum absolute atomic E-state index is 0.259. The molecule has 0 unspecified atom stereocenters. The van der Waals surface area contributed by atoms with Gasteiger partial charge in [0.2, 0.25) is 0 Å². The van der Waals surface area contributed by atoms with E-state index >= 15 is 0 Å². The van der Waals surface area contributed by atoms with Gasteiger partial charge in [-0.2, -0.15) is 13.2 Å². The van der Waals surface area contributed by atoms with Gasteiger partial charge in [-0.25, -0.2) is 0 Å².